The highest BCUT2D eigenvalue weighted by Crippen LogP contribution is 2.47. The number of carbonyl (C=O) groups is 5. The second kappa shape index (κ2) is 26.9. The van der Waals surface area contributed by atoms with E-state index in [1.165, 1.54) is 26.4 Å². The van der Waals surface area contributed by atoms with Crippen molar-refractivity contribution >= 4 is 47.5 Å². The van der Waals surface area contributed by atoms with Crippen LogP contribution in [0.25, 0.3) is 0 Å². The summed E-state index contributed by atoms with van der Waals surface area (Å²) in [5, 5.41) is 11.3. The van der Waals surface area contributed by atoms with Gasteiger partial charge in [0.05, 0.1) is 32.3 Å². The molecule has 15 heteroatoms. The standard InChI is InChI=1S/C33H36FN5O4.C13H24N2O3.C4H10.C2H6/c1-22(29-10-5-17-38(29)32(41)20-35-33(42)43-2)37-27-9-4-7-24(19-27)31-16-15-30(23-6-3-8-26(18-23)36-21-40)39(31)28-13-11-25(34)12-14-28;1-9-7-6-8-15(9)11(16)10(13(2,3)4)14-12(17)18-5;1-4(2)3;1-2/h3-4,6-9,11-14,18-19,21,29-31,37H,1,5,10,15-17,20H2,2H3,(H,35,42)(H,36,40);9-10H,6-8H2,1-5H3,(H,14,17);4H,1-3H3;1-2H3/t;9-,10?;;/m.1../s1. The zero-order chi connectivity index (χ0) is 49.8. The molecule has 368 valence electrons. The van der Waals surface area contributed by atoms with E-state index in [2.05, 4.69) is 81.2 Å². The number of ether oxygens (including phenoxy) is 2. The van der Waals surface area contributed by atoms with Gasteiger partial charge in [0.2, 0.25) is 18.2 Å². The van der Waals surface area contributed by atoms with Gasteiger partial charge in [0.15, 0.2) is 0 Å². The predicted octanol–water partition coefficient (Wildman–Crippen LogP) is 10.2. The number of hydrogen-bond acceptors (Lipinski definition) is 9. The Morgan fingerprint density at radius 1 is 0.806 bits per heavy atom. The summed E-state index contributed by atoms with van der Waals surface area (Å²) in [6.45, 7) is 23.8. The third kappa shape index (κ3) is 16.3. The van der Waals surface area contributed by atoms with Gasteiger partial charge in [0.25, 0.3) is 0 Å². The number of amides is 5. The van der Waals surface area contributed by atoms with Gasteiger partial charge in [0.1, 0.15) is 18.4 Å². The topological polar surface area (TPSA) is 162 Å². The second-order valence-corrected chi connectivity index (χ2v) is 18.4. The molecular weight excluding hydrogens is 854 g/mol. The van der Waals surface area contributed by atoms with Gasteiger partial charge in [-0.05, 0) is 116 Å². The lowest BCUT2D eigenvalue weighted by Crippen LogP contribution is -2.55. The lowest BCUT2D eigenvalue weighted by atomic mass is 9.85. The van der Waals surface area contributed by atoms with Crippen LogP contribution in [0.4, 0.5) is 31.0 Å². The third-order valence-corrected chi connectivity index (χ3v) is 11.5. The number of likely N-dealkylation sites (tertiary alicyclic amines) is 2. The van der Waals surface area contributed by atoms with Crippen LogP contribution >= 0.6 is 0 Å². The van der Waals surface area contributed by atoms with Crippen molar-refractivity contribution in [3.05, 3.63) is 102 Å². The Morgan fingerprint density at radius 2 is 1.34 bits per heavy atom. The molecular formula is C52H76FN7O7. The summed E-state index contributed by atoms with van der Waals surface area (Å²) in [6.07, 6.45) is 4.88. The predicted molar refractivity (Wildman–Crippen MR) is 265 cm³/mol. The van der Waals surface area contributed by atoms with Crippen LogP contribution in [0.5, 0.6) is 0 Å². The fourth-order valence-corrected chi connectivity index (χ4v) is 8.44. The average Bonchev–Trinajstić information content (AvgIpc) is 4.09. The van der Waals surface area contributed by atoms with E-state index in [9.17, 15) is 28.4 Å². The molecule has 0 radical (unpaired) electrons. The van der Waals surface area contributed by atoms with Gasteiger partial charge in [-0.25, -0.2) is 14.0 Å². The number of halogens is 1. The molecule has 5 atom stereocenters. The Hall–Kier alpha value is -6.12. The first kappa shape index (κ1) is 55.2. The van der Waals surface area contributed by atoms with Crippen LogP contribution in [0.2, 0.25) is 0 Å². The quantitative estimate of drug-likeness (QED) is 0.130. The van der Waals surface area contributed by atoms with Gasteiger partial charge in [0, 0.05) is 41.9 Å². The summed E-state index contributed by atoms with van der Waals surface area (Å²) < 4.78 is 23.1. The number of anilines is 3. The molecule has 4 unspecified atom stereocenters. The molecule has 3 aromatic carbocycles. The van der Waals surface area contributed by atoms with Gasteiger partial charge in [-0.3, -0.25) is 14.4 Å². The van der Waals surface area contributed by atoms with E-state index < -0.39 is 18.2 Å². The van der Waals surface area contributed by atoms with Gasteiger partial charge in [-0.15, -0.1) is 0 Å². The van der Waals surface area contributed by atoms with Crippen molar-refractivity contribution in [1.29, 1.82) is 0 Å². The SMILES string of the molecule is C=C(Nc1cccc(C2CCC(c3cccc(NC=O)c3)N2c2ccc(F)cc2)c1)C1CCCN1C(=O)CNC(=O)OC.CC.CC(C)C.COC(=O)NC(C(=O)N1CCC[C@H]1C)C(C)(C)C. The van der Waals surface area contributed by atoms with Crippen LogP contribution in [-0.2, 0) is 23.9 Å². The van der Waals surface area contributed by atoms with Crippen molar-refractivity contribution in [3.63, 3.8) is 0 Å². The zero-order valence-electron chi connectivity index (χ0n) is 41.6. The Balaban J connectivity index is 0.000000412. The maximum Gasteiger partial charge on any atom is 0.407 e. The molecule has 3 aliphatic heterocycles. The fourth-order valence-electron chi connectivity index (χ4n) is 8.44. The molecule has 6 rings (SSSR count). The molecule has 67 heavy (non-hydrogen) atoms. The van der Waals surface area contributed by atoms with Gasteiger partial charge in [-0.1, -0.05) is 86.2 Å². The Morgan fingerprint density at radius 3 is 1.87 bits per heavy atom. The van der Waals surface area contributed by atoms with Gasteiger partial charge in [-0.2, -0.15) is 0 Å². The number of nitrogens with zero attached hydrogens (tertiary/aromatic N) is 3. The van der Waals surface area contributed by atoms with Crippen LogP contribution < -0.4 is 26.2 Å². The highest BCUT2D eigenvalue weighted by atomic mass is 19.1. The van der Waals surface area contributed by atoms with Crippen molar-refractivity contribution in [2.45, 2.75) is 131 Å². The molecule has 5 amide bonds. The number of alkyl carbamates (subject to hydrolysis) is 2. The molecule has 0 spiro atoms. The number of carbonyl (C=O) groups excluding carboxylic acids is 5. The molecule has 4 N–H and O–H groups in total. The first-order valence-corrected chi connectivity index (χ1v) is 23.5. The molecule has 3 aromatic rings. The monoisotopic (exact) mass is 930 g/mol. The maximum absolute atomic E-state index is 13.9. The van der Waals surface area contributed by atoms with E-state index in [0.717, 1.165) is 79.2 Å². The first-order chi connectivity index (χ1) is 31.9. The zero-order valence-corrected chi connectivity index (χ0v) is 41.6. The summed E-state index contributed by atoms with van der Waals surface area (Å²) in [7, 11) is 2.56. The molecule has 3 heterocycles. The smallest absolute Gasteiger partial charge is 0.407 e. The van der Waals surface area contributed by atoms with Gasteiger partial charge >= 0.3 is 12.2 Å². The maximum atomic E-state index is 13.9. The average molecular weight is 930 g/mol. The van der Waals surface area contributed by atoms with Crippen molar-refractivity contribution in [2.24, 2.45) is 11.3 Å². The van der Waals surface area contributed by atoms with E-state index in [4.69, 9.17) is 0 Å². The van der Waals surface area contributed by atoms with E-state index in [-0.39, 0.29) is 53.8 Å². The minimum Gasteiger partial charge on any atom is -0.453 e. The molecule has 14 nitrogen and oxygen atoms in total. The number of methoxy groups -OCH3 is 2. The van der Waals surface area contributed by atoms with Crippen LogP contribution in [0.15, 0.2) is 85.1 Å². The molecule has 0 saturated carbocycles. The minimum absolute atomic E-state index is 0.0158. The highest BCUT2D eigenvalue weighted by Gasteiger charge is 2.39. The van der Waals surface area contributed by atoms with Crippen LogP contribution in [0.3, 0.4) is 0 Å². The molecule has 0 bridgehead atoms. The van der Waals surface area contributed by atoms with Crippen LogP contribution in [0.1, 0.15) is 124 Å². The summed E-state index contributed by atoms with van der Waals surface area (Å²) in [5.74, 6) is 0.334. The fraction of sp³-hybridized carbons (Fsp3) is 0.519. The van der Waals surface area contributed by atoms with Crippen molar-refractivity contribution < 1.29 is 37.8 Å². The summed E-state index contributed by atoms with van der Waals surface area (Å²) in [6, 6.07) is 22.1. The van der Waals surface area contributed by atoms with Crippen LogP contribution in [0, 0.1) is 17.2 Å². The first-order valence-electron chi connectivity index (χ1n) is 23.5. The van der Waals surface area contributed by atoms with E-state index in [0.29, 0.717) is 18.7 Å². The lowest BCUT2D eigenvalue weighted by Gasteiger charge is -2.34. The van der Waals surface area contributed by atoms with Crippen molar-refractivity contribution in [3.8, 4) is 0 Å². The van der Waals surface area contributed by atoms with E-state index in [1.54, 1.807) is 17.0 Å². The number of nitrogens with one attached hydrogen (secondary N) is 4. The normalized spacial score (nSPS) is 19.0. The third-order valence-electron chi connectivity index (χ3n) is 11.5. The number of hydrogen-bond donors (Lipinski definition) is 4. The number of rotatable bonds is 12. The molecule has 3 saturated heterocycles. The van der Waals surface area contributed by atoms with E-state index in [1.807, 2.05) is 76.8 Å². The highest BCUT2D eigenvalue weighted by molar-refractivity contribution is 5.87. The van der Waals surface area contributed by atoms with E-state index >= 15 is 0 Å². The molecule has 3 fully saturated rings. The Labute approximate surface area is 398 Å². The molecule has 3 aliphatic rings. The Bertz CT molecular complexity index is 2070. The summed E-state index contributed by atoms with van der Waals surface area (Å²) in [4.78, 5) is 65.1. The largest absolute Gasteiger partial charge is 0.453 e. The van der Waals surface area contributed by atoms with Crippen molar-refractivity contribution in [2.75, 3.05) is 49.4 Å². The summed E-state index contributed by atoms with van der Waals surface area (Å²) >= 11 is 0. The minimum atomic E-state index is -0.646. The number of benzene rings is 3. The second-order valence-electron chi connectivity index (χ2n) is 18.4. The molecule has 0 aliphatic carbocycles. The van der Waals surface area contributed by atoms with Crippen molar-refractivity contribution in [1.82, 2.24) is 20.4 Å². The Kier molecular flexibility index (Phi) is 22.2. The summed E-state index contributed by atoms with van der Waals surface area (Å²) in [5.41, 5.74) is 5.01. The van der Waals surface area contributed by atoms with Crippen LogP contribution in [-0.4, -0.2) is 92.2 Å². The van der Waals surface area contributed by atoms with Gasteiger partial charge < -0.3 is 45.4 Å². The lowest BCUT2D eigenvalue weighted by molar-refractivity contribution is -0.136. The molecule has 0 aromatic heterocycles.